The van der Waals surface area contributed by atoms with Gasteiger partial charge in [-0.05, 0) is 56.2 Å². The van der Waals surface area contributed by atoms with E-state index in [1.807, 2.05) is 0 Å². The van der Waals surface area contributed by atoms with Crippen molar-refractivity contribution >= 4 is 0 Å². The van der Waals surface area contributed by atoms with E-state index in [9.17, 15) is 0 Å². The number of rotatable bonds is 8. The molecule has 0 aliphatic heterocycles. The average molecular weight is 261 g/mol. The first-order chi connectivity index (χ1) is 8.97. The Labute approximate surface area is 119 Å². The van der Waals surface area contributed by atoms with Crippen LogP contribution in [0.4, 0.5) is 0 Å². The molecular formula is C18H31N. The summed E-state index contributed by atoms with van der Waals surface area (Å²) in [5, 5.41) is 3.62. The lowest BCUT2D eigenvalue weighted by molar-refractivity contribution is 0.376. The van der Waals surface area contributed by atoms with Crippen LogP contribution >= 0.6 is 0 Å². The van der Waals surface area contributed by atoms with Gasteiger partial charge in [-0.15, -0.1) is 0 Å². The Balaban J connectivity index is 2.50. The van der Waals surface area contributed by atoms with Gasteiger partial charge in [0.15, 0.2) is 0 Å². The zero-order valence-electron chi connectivity index (χ0n) is 13.4. The molecule has 0 spiro atoms. The number of hydrogen-bond acceptors (Lipinski definition) is 1. The zero-order valence-corrected chi connectivity index (χ0v) is 13.4. The second kappa shape index (κ2) is 8.37. The molecule has 1 atom stereocenters. The Morgan fingerprint density at radius 3 is 2.05 bits per heavy atom. The third-order valence-electron chi connectivity index (χ3n) is 3.44. The van der Waals surface area contributed by atoms with Crippen molar-refractivity contribution in [2.24, 2.45) is 17.8 Å². The summed E-state index contributed by atoms with van der Waals surface area (Å²) in [5.41, 5.74) is 2.82. The molecule has 0 aliphatic carbocycles. The van der Waals surface area contributed by atoms with Crippen LogP contribution in [0, 0.1) is 24.7 Å². The Morgan fingerprint density at radius 2 is 1.53 bits per heavy atom. The molecule has 1 heteroatoms. The van der Waals surface area contributed by atoms with Crippen molar-refractivity contribution in [2.75, 3.05) is 13.1 Å². The van der Waals surface area contributed by atoms with Gasteiger partial charge in [-0.25, -0.2) is 0 Å². The van der Waals surface area contributed by atoms with E-state index in [4.69, 9.17) is 0 Å². The van der Waals surface area contributed by atoms with Gasteiger partial charge in [-0.2, -0.15) is 0 Å². The van der Waals surface area contributed by atoms with Crippen LogP contribution in [0.3, 0.4) is 0 Å². The predicted molar refractivity (Wildman–Crippen MR) is 85.5 cm³/mol. The predicted octanol–water partition coefficient (Wildman–Crippen LogP) is 4.45. The summed E-state index contributed by atoms with van der Waals surface area (Å²) in [4.78, 5) is 0. The number of nitrogens with one attached hydrogen (secondary N) is 1. The minimum atomic E-state index is 0.735. The molecule has 0 aliphatic rings. The molecule has 1 rings (SSSR count). The van der Waals surface area contributed by atoms with Crippen LogP contribution < -0.4 is 5.32 Å². The smallest absolute Gasteiger partial charge is 0.00171 e. The molecule has 0 saturated heterocycles. The molecule has 19 heavy (non-hydrogen) atoms. The maximum atomic E-state index is 3.62. The summed E-state index contributed by atoms with van der Waals surface area (Å²) in [6, 6.07) is 9.02. The Hall–Kier alpha value is -0.820. The molecule has 0 fully saturated rings. The molecule has 1 unspecified atom stereocenters. The second-order valence-electron chi connectivity index (χ2n) is 6.74. The van der Waals surface area contributed by atoms with Crippen LogP contribution in [0.5, 0.6) is 0 Å². The monoisotopic (exact) mass is 261 g/mol. The van der Waals surface area contributed by atoms with Crippen LogP contribution in [-0.2, 0) is 6.42 Å². The highest BCUT2D eigenvalue weighted by molar-refractivity contribution is 5.21. The molecule has 1 nitrogen and oxygen atoms in total. The molecule has 1 aromatic carbocycles. The summed E-state index contributed by atoms with van der Waals surface area (Å²) >= 11 is 0. The van der Waals surface area contributed by atoms with E-state index in [1.54, 1.807) is 0 Å². The average Bonchev–Trinajstić information content (AvgIpc) is 2.30. The van der Waals surface area contributed by atoms with Crippen molar-refractivity contribution in [2.45, 2.75) is 47.5 Å². The minimum absolute atomic E-state index is 0.735. The van der Waals surface area contributed by atoms with E-state index < -0.39 is 0 Å². The SMILES string of the molecule is Cc1ccc(CC(CNCC(C)C)CC(C)C)cc1. The Kier molecular flexibility index (Phi) is 7.15. The fourth-order valence-electron chi connectivity index (χ4n) is 2.54. The van der Waals surface area contributed by atoms with Crippen molar-refractivity contribution in [1.82, 2.24) is 5.32 Å². The fraction of sp³-hybridized carbons (Fsp3) is 0.667. The van der Waals surface area contributed by atoms with Gasteiger partial charge >= 0.3 is 0 Å². The summed E-state index contributed by atoms with van der Waals surface area (Å²) in [7, 11) is 0. The lowest BCUT2D eigenvalue weighted by Gasteiger charge is -2.20. The molecule has 0 bridgehead atoms. The van der Waals surface area contributed by atoms with Crippen molar-refractivity contribution in [3.8, 4) is 0 Å². The number of aryl methyl sites for hydroxylation is 1. The molecule has 1 aromatic rings. The van der Waals surface area contributed by atoms with E-state index in [2.05, 4.69) is 64.2 Å². The van der Waals surface area contributed by atoms with E-state index in [-0.39, 0.29) is 0 Å². The van der Waals surface area contributed by atoms with Gasteiger partial charge < -0.3 is 5.32 Å². The van der Waals surface area contributed by atoms with Crippen molar-refractivity contribution in [3.63, 3.8) is 0 Å². The maximum absolute atomic E-state index is 3.62. The molecular weight excluding hydrogens is 230 g/mol. The summed E-state index contributed by atoms with van der Waals surface area (Å²) in [6.07, 6.45) is 2.50. The standard InChI is InChI=1S/C18H31N/c1-14(2)10-18(13-19-12-15(3)4)11-17-8-6-16(5)7-9-17/h6-9,14-15,18-19H,10-13H2,1-5H3. The van der Waals surface area contributed by atoms with Crippen LogP contribution in [0.2, 0.25) is 0 Å². The van der Waals surface area contributed by atoms with Gasteiger partial charge in [0, 0.05) is 0 Å². The molecule has 0 heterocycles. The highest BCUT2D eigenvalue weighted by atomic mass is 14.9. The first-order valence-electron chi connectivity index (χ1n) is 7.73. The first kappa shape index (κ1) is 16.2. The third-order valence-corrected chi connectivity index (χ3v) is 3.44. The number of benzene rings is 1. The number of hydrogen-bond donors (Lipinski definition) is 1. The van der Waals surface area contributed by atoms with Crippen LogP contribution in [-0.4, -0.2) is 13.1 Å². The van der Waals surface area contributed by atoms with Gasteiger partial charge in [-0.1, -0.05) is 57.5 Å². The van der Waals surface area contributed by atoms with Crippen molar-refractivity contribution in [1.29, 1.82) is 0 Å². The van der Waals surface area contributed by atoms with Crippen LogP contribution in [0.1, 0.15) is 45.2 Å². The van der Waals surface area contributed by atoms with Gasteiger partial charge in [0.25, 0.3) is 0 Å². The second-order valence-corrected chi connectivity index (χ2v) is 6.74. The van der Waals surface area contributed by atoms with E-state index in [0.29, 0.717) is 0 Å². The Bertz CT molecular complexity index is 337. The van der Waals surface area contributed by atoms with Crippen LogP contribution in [0.25, 0.3) is 0 Å². The summed E-state index contributed by atoms with van der Waals surface area (Å²) in [6.45, 7) is 13.6. The summed E-state index contributed by atoms with van der Waals surface area (Å²) < 4.78 is 0. The van der Waals surface area contributed by atoms with E-state index in [1.165, 1.54) is 24.0 Å². The molecule has 0 aromatic heterocycles. The highest BCUT2D eigenvalue weighted by Crippen LogP contribution is 2.17. The molecule has 1 N–H and O–H groups in total. The topological polar surface area (TPSA) is 12.0 Å². The lowest BCUT2D eigenvalue weighted by atomic mass is 9.90. The van der Waals surface area contributed by atoms with E-state index in [0.717, 1.165) is 30.8 Å². The molecule has 0 amide bonds. The minimum Gasteiger partial charge on any atom is -0.316 e. The fourth-order valence-corrected chi connectivity index (χ4v) is 2.54. The third kappa shape index (κ3) is 7.37. The highest BCUT2D eigenvalue weighted by Gasteiger charge is 2.12. The quantitative estimate of drug-likeness (QED) is 0.729. The van der Waals surface area contributed by atoms with Gasteiger partial charge in [-0.3, -0.25) is 0 Å². The maximum Gasteiger partial charge on any atom is -0.00171 e. The van der Waals surface area contributed by atoms with Crippen molar-refractivity contribution < 1.29 is 0 Å². The Morgan fingerprint density at radius 1 is 0.895 bits per heavy atom. The van der Waals surface area contributed by atoms with E-state index >= 15 is 0 Å². The molecule has 0 radical (unpaired) electrons. The first-order valence-corrected chi connectivity index (χ1v) is 7.73. The molecule has 0 saturated carbocycles. The van der Waals surface area contributed by atoms with Crippen LogP contribution in [0.15, 0.2) is 24.3 Å². The largest absolute Gasteiger partial charge is 0.316 e. The molecule has 108 valence electrons. The lowest BCUT2D eigenvalue weighted by Crippen LogP contribution is -2.28. The normalized spacial score (nSPS) is 13.2. The zero-order chi connectivity index (χ0) is 14.3. The van der Waals surface area contributed by atoms with Gasteiger partial charge in [0.1, 0.15) is 0 Å². The van der Waals surface area contributed by atoms with Gasteiger partial charge in [0.05, 0.1) is 0 Å². The van der Waals surface area contributed by atoms with Crippen molar-refractivity contribution in [3.05, 3.63) is 35.4 Å². The summed E-state index contributed by atoms with van der Waals surface area (Å²) in [5.74, 6) is 2.26. The van der Waals surface area contributed by atoms with Gasteiger partial charge in [0.2, 0.25) is 0 Å².